The zero-order chi connectivity index (χ0) is 15.4. The maximum absolute atomic E-state index is 12.1. The first-order valence-electron chi connectivity index (χ1n) is 7.62. The first kappa shape index (κ1) is 15.6. The minimum absolute atomic E-state index is 0.0469. The largest absolute Gasteiger partial charge is 0.462 e. The summed E-state index contributed by atoms with van der Waals surface area (Å²) in [7, 11) is 0. The number of furan rings is 1. The molecule has 3 rings (SSSR count). The van der Waals surface area contributed by atoms with E-state index in [1.807, 2.05) is 24.4 Å². The normalized spacial score (nSPS) is 16.8. The lowest BCUT2D eigenvalue weighted by Crippen LogP contribution is -2.37. The number of rotatable bonds is 6. The zero-order valence-corrected chi connectivity index (χ0v) is 14.2. The van der Waals surface area contributed by atoms with Crippen LogP contribution in [0.1, 0.15) is 38.3 Å². The van der Waals surface area contributed by atoms with E-state index in [4.69, 9.17) is 4.42 Å². The third-order valence-electron chi connectivity index (χ3n) is 3.84. The van der Waals surface area contributed by atoms with Crippen molar-refractivity contribution in [3.05, 3.63) is 29.5 Å². The Labute approximate surface area is 138 Å². The number of nitrogens with one attached hydrogen (secondary N) is 1. The summed E-state index contributed by atoms with van der Waals surface area (Å²) in [4.78, 5) is 16.7. The topological polar surface area (TPSA) is 55.1 Å². The minimum atomic E-state index is -0.0469. The molecule has 4 nitrogen and oxygen atoms in total. The van der Waals surface area contributed by atoms with Gasteiger partial charge in [-0.3, -0.25) is 4.79 Å². The number of nitrogens with zero attached hydrogens (tertiary/aromatic N) is 1. The highest BCUT2D eigenvalue weighted by Gasteiger charge is 2.21. The molecule has 0 radical (unpaired) electrons. The van der Waals surface area contributed by atoms with E-state index in [-0.39, 0.29) is 11.2 Å². The van der Waals surface area contributed by atoms with Gasteiger partial charge >= 0.3 is 0 Å². The van der Waals surface area contributed by atoms with Crippen LogP contribution in [0.5, 0.6) is 0 Å². The summed E-state index contributed by atoms with van der Waals surface area (Å²) in [5.41, 5.74) is 1.00. The van der Waals surface area contributed by atoms with Gasteiger partial charge < -0.3 is 9.73 Å². The van der Waals surface area contributed by atoms with Crippen LogP contribution in [0.15, 0.2) is 28.2 Å². The van der Waals surface area contributed by atoms with Gasteiger partial charge in [0.25, 0.3) is 0 Å². The van der Waals surface area contributed by atoms with E-state index < -0.39 is 0 Å². The van der Waals surface area contributed by atoms with E-state index in [1.54, 1.807) is 29.4 Å². The lowest BCUT2D eigenvalue weighted by atomic mass is 10.2. The van der Waals surface area contributed by atoms with E-state index in [9.17, 15) is 4.79 Å². The SMILES string of the molecule is CC(SCc1csc(-c2ccco2)n1)C(=O)NC1CCCC1. The lowest BCUT2D eigenvalue weighted by molar-refractivity contribution is -0.120. The van der Waals surface area contributed by atoms with E-state index in [0.29, 0.717) is 6.04 Å². The Hall–Kier alpha value is -1.27. The maximum Gasteiger partial charge on any atom is 0.233 e. The Kier molecular flexibility index (Phi) is 5.20. The second-order valence-electron chi connectivity index (χ2n) is 5.56. The van der Waals surface area contributed by atoms with E-state index in [1.165, 1.54) is 12.8 Å². The van der Waals surface area contributed by atoms with Crippen molar-refractivity contribution >= 4 is 29.0 Å². The Bertz CT molecular complexity index is 603. The molecule has 2 heterocycles. The van der Waals surface area contributed by atoms with Crippen LogP contribution in [-0.2, 0) is 10.5 Å². The quantitative estimate of drug-likeness (QED) is 0.863. The van der Waals surface area contributed by atoms with Crippen LogP contribution in [0.3, 0.4) is 0 Å². The van der Waals surface area contributed by atoms with Crippen LogP contribution in [0.25, 0.3) is 10.8 Å². The summed E-state index contributed by atoms with van der Waals surface area (Å²) >= 11 is 3.21. The van der Waals surface area contributed by atoms with Crippen molar-refractivity contribution < 1.29 is 9.21 Å². The van der Waals surface area contributed by atoms with Crippen molar-refractivity contribution in [1.29, 1.82) is 0 Å². The average molecular weight is 336 g/mol. The van der Waals surface area contributed by atoms with Gasteiger partial charge in [-0.05, 0) is 31.9 Å². The molecule has 1 atom stereocenters. The van der Waals surface area contributed by atoms with Crippen LogP contribution in [0.2, 0.25) is 0 Å². The molecule has 0 spiro atoms. The van der Waals surface area contributed by atoms with Gasteiger partial charge in [0, 0.05) is 17.2 Å². The molecule has 0 aliphatic heterocycles. The minimum Gasteiger partial charge on any atom is -0.462 e. The summed E-state index contributed by atoms with van der Waals surface area (Å²) in [6, 6.07) is 4.16. The molecule has 2 aromatic heterocycles. The molecule has 118 valence electrons. The first-order chi connectivity index (χ1) is 10.7. The molecule has 1 fully saturated rings. The van der Waals surface area contributed by atoms with E-state index >= 15 is 0 Å². The molecule has 1 N–H and O–H groups in total. The molecule has 1 saturated carbocycles. The molecular weight excluding hydrogens is 316 g/mol. The number of amides is 1. The van der Waals surface area contributed by atoms with E-state index in [0.717, 1.165) is 35.1 Å². The molecular formula is C16H20N2O2S2. The summed E-state index contributed by atoms with van der Waals surface area (Å²) < 4.78 is 5.35. The molecule has 22 heavy (non-hydrogen) atoms. The molecule has 0 bridgehead atoms. The van der Waals surface area contributed by atoms with Gasteiger partial charge in [0.2, 0.25) is 5.91 Å². The summed E-state index contributed by atoms with van der Waals surface area (Å²) in [6.45, 7) is 1.97. The number of hydrogen-bond donors (Lipinski definition) is 1. The molecule has 1 aliphatic carbocycles. The van der Waals surface area contributed by atoms with Gasteiger partial charge in [0.05, 0.1) is 17.2 Å². The number of thiazole rings is 1. The fourth-order valence-electron chi connectivity index (χ4n) is 2.56. The molecule has 2 aromatic rings. The zero-order valence-electron chi connectivity index (χ0n) is 12.6. The van der Waals surface area contributed by atoms with Gasteiger partial charge in [-0.25, -0.2) is 4.98 Å². The van der Waals surface area contributed by atoms with Crippen LogP contribution in [0.4, 0.5) is 0 Å². The average Bonchev–Trinajstić information content (AvgIpc) is 3.25. The van der Waals surface area contributed by atoms with Gasteiger partial charge in [0.1, 0.15) is 0 Å². The summed E-state index contributed by atoms with van der Waals surface area (Å²) in [5.74, 6) is 1.70. The molecule has 1 aliphatic rings. The molecule has 6 heteroatoms. The molecule has 0 aromatic carbocycles. The number of carbonyl (C=O) groups excluding carboxylic acids is 1. The van der Waals surface area contributed by atoms with Crippen LogP contribution in [-0.4, -0.2) is 22.2 Å². The monoisotopic (exact) mass is 336 g/mol. The Morgan fingerprint density at radius 1 is 1.55 bits per heavy atom. The second-order valence-corrected chi connectivity index (χ2v) is 7.75. The fourth-order valence-corrected chi connectivity index (χ4v) is 4.24. The Balaban J connectivity index is 1.48. The maximum atomic E-state index is 12.1. The molecule has 1 unspecified atom stereocenters. The standard InChI is InChI=1S/C16H20N2O2S2/c1-11(15(19)17-12-5-2-3-6-12)21-9-13-10-22-16(18-13)14-7-4-8-20-14/h4,7-8,10-12H,2-3,5-6,9H2,1H3,(H,17,19). The number of carbonyl (C=O) groups is 1. The van der Waals surface area contributed by atoms with Crippen molar-refractivity contribution in [2.24, 2.45) is 0 Å². The fraction of sp³-hybridized carbons (Fsp3) is 0.500. The number of thioether (sulfide) groups is 1. The van der Waals surface area contributed by atoms with Crippen molar-refractivity contribution in [2.75, 3.05) is 0 Å². The number of hydrogen-bond acceptors (Lipinski definition) is 5. The van der Waals surface area contributed by atoms with Gasteiger partial charge in [-0.1, -0.05) is 12.8 Å². The smallest absolute Gasteiger partial charge is 0.233 e. The van der Waals surface area contributed by atoms with Gasteiger partial charge in [-0.2, -0.15) is 0 Å². The van der Waals surface area contributed by atoms with Crippen LogP contribution in [0, 0.1) is 0 Å². The highest BCUT2D eigenvalue weighted by atomic mass is 32.2. The Morgan fingerprint density at radius 2 is 2.36 bits per heavy atom. The Morgan fingerprint density at radius 3 is 3.09 bits per heavy atom. The molecule has 0 saturated heterocycles. The van der Waals surface area contributed by atoms with Crippen molar-refractivity contribution in [2.45, 2.75) is 49.7 Å². The van der Waals surface area contributed by atoms with Crippen LogP contribution >= 0.6 is 23.1 Å². The number of aromatic nitrogens is 1. The predicted octanol–water partition coefficient (Wildman–Crippen LogP) is 4.08. The first-order valence-corrected chi connectivity index (χ1v) is 9.55. The highest BCUT2D eigenvalue weighted by Crippen LogP contribution is 2.27. The van der Waals surface area contributed by atoms with Crippen LogP contribution < -0.4 is 5.32 Å². The highest BCUT2D eigenvalue weighted by molar-refractivity contribution is 7.99. The van der Waals surface area contributed by atoms with E-state index in [2.05, 4.69) is 10.3 Å². The summed E-state index contributed by atoms with van der Waals surface area (Å²) in [6.07, 6.45) is 6.38. The van der Waals surface area contributed by atoms with Crippen molar-refractivity contribution in [3.63, 3.8) is 0 Å². The van der Waals surface area contributed by atoms with Crippen molar-refractivity contribution in [1.82, 2.24) is 10.3 Å². The molecule has 1 amide bonds. The third kappa shape index (κ3) is 3.93. The van der Waals surface area contributed by atoms with Crippen molar-refractivity contribution in [3.8, 4) is 10.8 Å². The third-order valence-corrected chi connectivity index (χ3v) is 5.92. The summed E-state index contributed by atoms with van der Waals surface area (Å²) in [5, 5.41) is 6.03. The second kappa shape index (κ2) is 7.33. The van der Waals surface area contributed by atoms with Gasteiger partial charge in [-0.15, -0.1) is 23.1 Å². The lowest BCUT2D eigenvalue weighted by Gasteiger charge is -2.15. The predicted molar refractivity (Wildman–Crippen MR) is 91.0 cm³/mol. The van der Waals surface area contributed by atoms with Gasteiger partial charge in [0.15, 0.2) is 10.8 Å².